The Hall–Kier alpha value is -1.64. The van der Waals surface area contributed by atoms with Gasteiger partial charge in [-0.25, -0.2) is 12.7 Å². The number of nitrogens with two attached hydrogens (primary N) is 1. The summed E-state index contributed by atoms with van der Waals surface area (Å²) < 4.78 is 29.9. The average molecular weight is 329 g/mol. The van der Waals surface area contributed by atoms with Crippen LogP contribution in [-0.4, -0.2) is 58.2 Å². The molecule has 0 saturated carbocycles. The number of hydrogen-bond acceptors (Lipinski definition) is 5. The maximum atomic E-state index is 12.2. The number of hydrogen-bond donors (Lipinski definition) is 2. The fourth-order valence-corrected chi connectivity index (χ4v) is 2.41. The molecule has 3 N–H and O–H groups in total. The lowest BCUT2D eigenvalue weighted by atomic mass is 10.1. The van der Waals surface area contributed by atoms with E-state index in [0.717, 1.165) is 9.87 Å². The fraction of sp³-hybridized carbons (Fsp3) is 0.500. The molecule has 1 amide bonds. The van der Waals surface area contributed by atoms with Crippen LogP contribution < -0.4 is 15.8 Å². The molecule has 0 atom stereocenters. The third-order valence-electron chi connectivity index (χ3n) is 2.96. The van der Waals surface area contributed by atoms with Gasteiger partial charge >= 0.3 is 0 Å². The van der Waals surface area contributed by atoms with E-state index in [9.17, 15) is 13.2 Å². The van der Waals surface area contributed by atoms with Crippen LogP contribution in [0.25, 0.3) is 0 Å². The molecule has 0 heterocycles. The summed E-state index contributed by atoms with van der Waals surface area (Å²) in [6, 6.07) is 5.23. The molecule has 0 spiro atoms. The Morgan fingerprint density at radius 2 is 2.05 bits per heavy atom. The maximum Gasteiger partial charge on any atom is 0.255 e. The van der Waals surface area contributed by atoms with Crippen molar-refractivity contribution >= 4 is 15.9 Å². The molecule has 124 valence electrons. The van der Waals surface area contributed by atoms with Gasteiger partial charge in [0.1, 0.15) is 12.4 Å². The average Bonchev–Trinajstić information content (AvgIpc) is 2.45. The van der Waals surface area contributed by atoms with E-state index < -0.39 is 10.0 Å². The number of nitrogens with zero attached hydrogens (tertiary/aromatic N) is 1. The summed E-state index contributed by atoms with van der Waals surface area (Å²) in [6.07, 6.45) is 0. The molecule has 1 aromatic carbocycles. The van der Waals surface area contributed by atoms with Crippen molar-refractivity contribution in [3.63, 3.8) is 0 Å². The van der Waals surface area contributed by atoms with E-state index in [2.05, 4.69) is 5.32 Å². The van der Waals surface area contributed by atoms with Gasteiger partial charge in [-0.1, -0.05) is 11.6 Å². The van der Waals surface area contributed by atoms with E-state index in [0.29, 0.717) is 24.5 Å². The van der Waals surface area contributed by atoms with Crippen molar-refractivity contribution in [2.45, 2.75) is 6.92 Å². The second kappa shape index (κ2) is 8.11. The van der Waals surface area contributed by atoms with Crippen LogP contribution in [0.5, 0.6) is 5.75 Å². The number of nitrogens with one attached hydrogen (secondary N) is 1. The molecule has 7 nitrogen and oxygen atoms in total. The zero-order valence-electron chi connectivity index (χ0n) is 13.1. The lowest BCUT2D eigenvalue weighted by Gasteiger charge is -2.13. The molecule has 0 aliphatic rings. The molecule has 1 aromatic rings. The fourth-order valence-electron chi connectivity index (χ4n) is 1.69. The van der Waals surface area contributed by atoms with Crippen LogP contribution in [0.1, 0.15) is 15.9 Å². The number of rotatable bonds is 8. The van der Waals surface area contributed by atoms with Gasteiger partial charge in [0, 0.05) is 27.2 Å². The zero-order chi connectivity index (χ0) is 16.8. The Labute approximate surface area is 131 Å². The van der Waals surface area contributed by atoms with Crippen LogP contribution in [0.3, 0.4) is 0 Å². The first-order chi connectivity index (χ1) is 10.3. The van der Waals surface area contributed by atoms with Crippen molar-refractivity contribution in [3.05, 3.63) is 29.3 Å². The highest BCUT2D eigenvalue weighted by Gasteiger charge is 2.16. The molecule has 0 radical (unpaired) electrons. The molecule has 0 fully saturated rings. The summed E-state index contributed by atoms with van der Waals surface area (Å²) in [5.41, 5.74) is 6.67. The number of carbonyl (C=O) groups is 1. The van der Waals surface area contributed by atoms with Gasteiger partial charge in [-0.2, -0.15) is 0 Å². The summed E-state index contributed by atoms with van der Waals surface area (Å²) in [7, 11) is -0.428. The Kier molecular flexibility index (Phi) is 6.79. The Bertz CT molecular complexity index is 615. The number of ether oxygens (including phenoxy) is 1. The van der Waals surface area contributed by atoms with Crippen LogP contribution in [0.2, 0.25) is 0 Å². The van der Waals surface area contributed by atoms with Crippen LogP contribution in [0.15, 0.2) is 18.2 Å². The van der Waals surface area contributed by atoms with Gasteiger partial charge in [-0.3, -0.25) is 4.79 Å². The molecule has 0 aromatic heterocycles. The SMILES string of the molecule is Cc1ccc(OCCN)c(C(=O)NCCS(=O)(=O)N(C)C)c1. The van der Waals surface area contributed by atoms with E-state index in [1.54, 1.807) is 12.1 Å². The molecule has 0 aliphatic carbocycles. The van der Waals surface area contributed by atoms with Gasteiger partial charge < -0.3 is 15.8 Å². The molecular weight excluding hydrogens is 306 g/mol. The monoisotopic (exact) mass is 329 g/mol. The van der Waals surface area contributed by atoms with Gasteiger partial charge in [0.2, 0.25) is 10.0 Å². The van der Waals surface area contributed by atoms with Crippen LogP contribution >= 0.6 is 0 Å². The van der Waals surface area contributed by atoms with Gasteiger partial charge in [0.05, 0.1) is 11.3 Å². The summed E-state index contributed by atoms with van der Waals surface area (Å²) in [6.45, 7) is 2.54. The summed E-state index contributed by atoms with van der Waals surface area (Å²) in [5.74, 6) is -0.0926. The highest BCUT2D eigenvalue weighted by Crippen LogP contribution is 2.19. The lowest BCUT2D eigenvalue weighted by Crippen LogP contribution is -2.34. The second-order valence-corrected chi connectivity index (χ2v) is 7.29. The van der Waals surface area contributed by atoms with E-state index in [1.807, 2.05) is 13.0 Å². The van der Waals surface area contributed by atoms with Gasteiger partial charge in [0.25, 0.3) is 5.91 Å². The van der Waals surface area contributed by atoms with Crippen molar-refractivity contribution in [1.82, 2.24) is 9.62 Å². The molecule has 1 rings (SSSR count). The largest absolute Gasteiger partial charge is 0.491 e. The summed E-state index contributed by atoms with van der Waals surface area (Å²) >= 11 is 0. The lowest BCUT2D eigenvalue weighted by molar-refractivity contribution is 0.0952. The van der Waals surface area contributed by atoms with Crippen molar-refractivity contribution in [2.75, 3.05) is 39.5 Å². The molecule has 22 heavy (non-hydrogen) atoms. The van der Waals surface area contributed by atoms with Crippen molar-refractivity contribution in [2.24, 2.45) is 5.73 Å². The van der Waals surface area contributed by atoms with Crippen LogP contribution in [0.4, 0.5) is 0 Å². The minimum absolute atomic E-state index is 0.0314. The van der Waals surface area contributed by atoms with Crippen molar-refractivity contribution < 1.29 is 17.9 Å². The Morgan fingerprint density at radius 1 is 1.36 bits per heavy atom. The predicted molar refractivity (Wildman–Crippen MR) is 85.5 cm³/mol. The van der Waals surface area contributed by atoms with Gasteiger partial charge in [-0.05, 0) is 19.1 Å². The number of amides is 1. The minimum atomic E-state index is -3.34. The first kappa shape index (κ1) is 18.4. The third kappa shape index (κ3) is 5.28. The van der Waals surface area contributed by atoms with E-state index in [1.165, 1.54) is 14.1 Å². The molecule has 8 heteroatoms. The first-order valence-electron chi connectivity index (χ1n) is 6.90. The predicted octanol–water partition coefficient (Wildman–Crippen LogP) is -0.0463. The standard InChI is InChI=1S/C14H23N3O4S/c1-11-4-5-13(21-8-6-15)12(10-11)14(18)16-7-9-22(19,20)17(2)3/h4-5,10H,6-9,15H2,1-3H3,(H,16,18). The minimum Gasteiger partial charge on any atom is -0.491 e. The zero-order valence-corrected chi connectivity index (χ0v) is 13.9. The van der Waals surface area contributed by atoms with Crippen molar-refractivity contribution in [3.8, 4) is 5.75 Å². The van der Waals surface area contributed by atoms with E-state index in [-0.39, 0.29) is 18.2 Å². The van der Waals surface area contributed by atoms with E-state index in [4.69, 9.17) is 10.5 Å². The third-order valence-corrected chi connectivity index (χ3v) is 4.79. The first-order valence-corrected chi connectivity index (χ1v) is 8.50. The van der Waals surface area contributed by atoms with Crippen LogP contribution in [0, 0.1) is 6.92 Å². The Balaban J connectivity index is 2.74. The summed E-state index contributed by atoms with van der Waals surface area (Å²) in [4.78, 5) is 12.2. The van der Waals surface area contributed by atoms with E-state index >= 15 is 0 Å². The van der Waals surface area contributed by atoms with Gasteiger partial charge in [0.15, 0.2) is 0 Å². The summed E-state index contributed by atoms with van der Waals surface area (Å²) in [5, 5.41) is 2.60. The molecule has 0 aliphatic heterocycles. The smallest absolute Gasteiger partial charge is 0.255 e. The molecule has 0 bridgehead atoms. The second-order valence-electron chi connectivity index (χ2n) is 4.99. The quantitative estimate of drug-likeness (QED) is 0.696. The number of sulfonamides is 1. The molecule has 0 unspecified atom stereocenters. The normalized spacial score (nSPS) is 11.5. The van der Waals surface area contributed by atoms with Crippen molar-refractivity contribution in [1.29, 1.82) is 0 Å². The topological polar surface area (TPSA) is 102 Å². The molecule has 0 saturated heterocycles. The van der Waals surface area contributed by atoms with Crippen LogP contribution in [-0.2, 0) is 10.0 Å². The maximum absolute atomic E-state index is 12.2. The number of benzene rings is 1. The molecular formula is C14H23N3O4S. The highest BCUT2D eigenvalue weighted by atomic mass is 32.2. The highest BCUT2D eigenvalue weighted by molar-refractivity contribution is 7.89. The Morgan fingerprint density at radius 3 is 2.64 bits per heavy atom. The number of carbonyl (C=O) groups excluding carboxylic acids is 1. The van der Waals surface area contributed by atoms with Gasteiger partial charge in [-0.15, -0.1) is 0 Å². The number of aryl methyl sites for hydroxylation is 1.